The third kappa shape index (κ3) is 2.67. The molecule has 2 aliphatic rings. The maximum absolute atomic E-state index is 12.9. The predicted octanol–water partition coefficient (Wildman–Crippen LogP) is 3.18. The van der Waals surface area contributed by atoms with E-state index in [1.807, 2.05) is 47.4 Å². The Kier molecular flexibility index (Phi) is 3.98. The molecule has 0 spiro atoms. The van der Waals surface area contributed by atoms with Gasteiger partial charge in [0.1, 0.15) is 5.75 Å². The van der Waals surface area contributed by atoms with Gasteiger partial charge < -0.3 is 14.4 Å². The van der Waals surface area contributed by atoms with Crippen LogP contribution in [0.15, 0.2) is 54.6 Å². The summed E-state index contributed by atoms with van der Waals surface area (Å²) in [6, 6.07) is 18.2. The smallest absolute Gasteiger partial charge is 0.228 e. The monoisotopic (exact) mass is 323 g/mol. The Bertz CT molecular complexity index is 713. The van der Waals surface area contributed by atoms with Crippen molar-refractivity contribution in [3.8, 4) is 5.75 Å². The molecule has 3 atom stereocenters. The molecule has 2 aliphatic heterocycles. The van der Waals surface area contributed by atoms with Gasteiger partial charge in [-0.25, -0.2) is 0 Å². The second-order valence-corrected chi connectivity index (χ2v) is 6.48. The number of hydrogen-bond acceptors (Lipinski definition) is 3. The second-order valence-electron chi connectivity index (χ2n) is 6.48. The van der Waals surface area contributed by atoms with E-state index in [2.05, 4.69) is 12.1 Å². The van der Waals surface area contributed by atoms with Crippen LogP contribution in [0.1, 0.15) is 23.8 Å². The van der Waals surface area contributed by atoms with Gasteiger partial charge in [-0.1, -0.05) is 42.5 Å². The number of nitrogens with zero attached hydrogens (tertiary/aromatic N) is 1. The van der Waals surface area contributed by atoms with Gasteiger partial charge in [0.15, 0.2) is 6.23 Å². The summed E-state index contributed by atoms with van der Waals surface area (Å²) in [5.74, 6) is 1.08. The molecule has 124 valence electrons. The van der Waals surface area contributed by atoms with Crippen LogP contribution in [0.3, 0.4) is 0 Å². The average Bonchev–Trinajstić information content (AvgIpc) is 3.17. The molecular formula is C20H21NO3. The van der Waals surface area contributed by atoms with Gasteiger partial charge in [0, 0.05) is 11.5 Å². The molecule has 1 amide bonds. The number of carbonyl (C=O) groups excluding carboxylic acids is 1. The number of ether oxygens (including phenoxy) is 2. The molecule has 2 aromatic rings. The molecule has 0 saturated carbocycles. The molecule has 0 aromatic heterocycles. The quantitative estimate of drug-likeness (QED) is 0.867. The van der Waals surface area contributed by atoms with Crippen molar-refractivity contribution in [1.29, 1.82) is 0 Å². The van der Waals surface area contributed by atoms with Crippen LogP contribution in [0.5, 0.6) is 5.75 Å². The van der Waals surface area contributed by atoms with Crippen molar-refractivity contribution in [2.24, 2.45) is 5.92 Å². The molecule has 2 fully saturated rings. The van der Waals surface area contributed by atoms with Gasteiger partial charge in [0.05, 0.1) is 19.8 Å². The number of rotatable bonds is 4. The number of benzene rings is 2. The third-order valence-electron chi connectivity index (χ3n) is 4.98. The van der Waals surface area contributed by atoms with E-state index >= 15 is 0 Å². The predicted molar refractivity (Wildman–Crippen MR) is 90.6 cm³/mol. The highest BCUT2D eigenvalue weighted by atomic mass is 16.5. The molecular weight excluding hydrogens is 302 g/mol. The number of fused-ring (bicyclic) bond motifs is 1. The van der Waals surface area contributed by atoms with Crippen LogP contribution < -0.4 is 4.74 Å². The van der Waals surface area contributed by atoms with Crippen LogP contribution >= 0.6 is 0 Å². The molecule has 0 aliphatic carbocycles. The number of amides is 1. The van der Waals surface area contributed by atoms with Gasteiger partial charge in [-0.2, -0.15) is 0 Å². The first-order valence-corrected chi connectivity index (χ1v) is 8.38. The summed E-state index contributed by atoms with van der Waals surface area (Å²) >= 11 is 0. The maximum Gasteiger partial charge on any atom is 0.228 e. The molecule has 2 saturated heterocycles. The van der Waals surface area contributed by atoms with E-state index in [0.29, 0.717) is 6.61 Å². The van der Waals surface area contributed by atoms with E-state index in [4.69, 9.17) is 9.47 Å². The van der Waals surface area contributed by atoms with Gasteiger partial charge in [-0.15, -0.1) is 0 Å². The van der Waals surface area contributed by atoms with E-state index < -0.39 is 0 Å². The SMILES string of the molecule is COc1ccc([C@H]2OC[C@@H]3C[C@H](Cc4ccccc4)C(=O)N32)cc1. The Balaban J connectivity index is 1.51. The lowest BCUT2D eigenvalue weighted by Crippen LogP contribution is -2.32. The van der Waals surface area contributed by atoms with Crippen molar-refractivity contribution < 1.29 is 14.3 Å². The van der Waals surface area contributed by atoms with Crippen LogP contribution in [-0.4, -0.2) is 30.6 Å². The van der Waals surface area contributed by atoms with Gasteiger partial charge in [0.25, 0.3) is 0 Å². The number of methoxy groups -OCH3 is 1. The summed E-state index contributed by atoms with van der Waals surface area (Å²) < 4.78 is 11.1. The number of carbonyl (C=O) groups is 1. The Hall–Kier alpha value is -2.33. The molecule has 0 bridgehead atoms. The van der Waals surface area contributed by atoms with E-state index in [1.54, 1.807) is 7.11 Å². The topological polar surface area (TPSA) is 38.8 Å². The first-order chi connectivity index (χ1) is 11.8. The van der Waals surface area contributed by atoms with Gasteiger partial charge in [0.2, 0.25) is 5.91 Å². The third-order valence-corrected chi connectivity index (χ3v) is 4.98. The van der Waals surface area contributed by atoms with Crippen molar-refractivity contribution in [3.05, 3.63) is 65.7 Å². The highest BCUT2D eigenvalue weighted by Gasteiger charge is 2.47. The summed E-state index contributed by atoms with van der Waals surface area (Å²) in [6.45, 7) is 0.619. The van der Waals surface area contributed by atoms with Crippen molar-refractivity contribution in [3.63, 3.8) is 0 Å². The lowest BCUT2D eigenvalue weighted by Gasteiger charge is -2.23. The molecule has 2 aromatic carbocycles. The van der Waals surface area contributed by atoms with E-state index in [9.17, 15) is 4.79 Å². The fraction of sp³-hybridized carbons (Fsp3) is 0.350. The molecule has 0 radical (unpaired) electrons. The van der Waals surface area contributed by atoms with Crippen LogP contribution in [0.25, 0.3) is 0 Å². The lowest BCUT2D eigenvalue weighted by atomic mass is 9.96. The minimum Gasteiger partial charge on any atom is -0.497 e. The molecule has 24 heavy (non-hydrogen) atoms. The molecule has 4 nitrogen and oxygen atoms in total. The van der Waals surface area contributed by atoms with Crippen molar-refractivity contribution in [2.75, 3.05) is 13.7 Å². The van der Waals surface area contributed by atoms with Crippen LogP contribution in [-0.2, 0) is 16.0 Å². The van der Waals surface area contributed by atoms with Crippen molar-refractivity contribution in [2.45, 2.75) is 25.1 Å². The van der Waals surface area contributed by atoms with Gasteiger partial charge in [-0.3, -0.25) is 4.79 Å². The van der Waals surface area contributed by atoms with Crippen molar-refractivity contribution in [1.82, 2.24) is 4.90 Å². The largest absolute Gasteiger partial charge is 0.497 e. The van der Waals surface area contributed by atoms with Crippen LogP contribution in [0.2, 0.25) is 0 Å². The maximum atomic E-state index is 12.9. The lowest BCUT2D eigenvalue weighted by molar-refractivity contribution is -0.137. The molecule has 2 heterocycles. The molecule has 4 rings (SSSR count). The first kappa shape index (κ1) is 15.2. The normalized spacial score (nSPS) is 25.8. The first-order valence-electron chi connectivity index (χ1n) is 8.38. The summed E-state index contributed by atoms with van der Waals surface area (Å²) in [5, 5.41) is 0. The minimum absolute atomic E-state index is 0.0575. The molecule has 4 heteroatoms. The zero-order valence-corrected chi connectivity index (χ0v) is 13.7. The summed E-state index contributed by atoms with van der Waals surface area (Å²) in [6.07, 6.45) is 1.41. The minimum atomic E-state index is -0.269. The van der Waals surface area contributed by atoms with Crippen molar-refractivity contribution >= 4 is 5.91 Å². The van der Waals surface area contributed by atoms with E-state index in [1.165, 1.54) is 5.56 Å². The van der Waals surface area contributed by atoms with E-state index in [0.717, 1.165) is 24.2 Å². The standard InChI is InChI=1S/C20H21NO3/c1-23-18-9-7-15(8-10-18)20-21-17(13-24-20)12-16(19(21)22)11-14-5-3-2-4-6-14/h2-10,16-17,20H,11-13H2,1H3/t16-,17-,20+/m0/s1. The second kappa shape index (κ2) is 6.29. The highest BCUT2D eigenvalue weighted by molar-refractivity contribution is 5.82. The Morgan fingerprint density at radius 3 is 2.58 bits per heavy atom. The summed E-state index contributed by atoms with van der Waals surface area (Å²) in [4.78, 5) is 14.9. The molecule has 0 unspecified atom stereocenters. The number of hydrogen-bond donors (Lipinski definition) is 0. The van der Waals surface area contributed by atoms with Crippen LogP contribution in [0.4, 0.5) is 0 Å². The average molecular weight is 323 g/mol. The van der Waals surface area contributed by atoms with Gasteiger partial charge in [-0.05, 0) is 30.5 Å². The van der Waals surface area contributed by atoms with Crippen LogP contribution in [0, 0.1) is 5.92 Å². The fourth-order valence-electron chi connectivity index (χ4n) is 3.77. The summed E-state index contributed by atoms with van der Waals surface area (Å²) in [5.41, 5.74) is 2.23. The fourth-order valence-corrected chi connectivity index (χ4v) is 3.77. The zero-order chi connectivity index (χ0) is 16.5. The zero-order valence-electron chi connectivity index (χ0n) is 13.7. The summed E-state index contributed by atoms with van der Waals surface area (Å²) in [7, 11) is 1.65. The Labute approximate surface area is 142 Å². The van der Waals surface area contributed by atoms with Gasteiger partial charge >= 0.3 is 0 Å². The Morgan fingerprint density at radius 1 is 1.12 bits per heavy atom. The highest BCUT2D eigenvalue weighted by Crippen LogP contribution is 2.40. The van der Waals surface area contributed by atoms with E-state index in [-0.39, 0.29) is 24.1 Å². The molecule has 0 N–H and O–H groups in total. The Morgan fingerprint density at radius 2 is 1.88 bits per heavy atom.